The predicted molar refractivity (Wildman–Crippen MR) is 33.9 cm³/mol. The first-order valence-corrected chi connectivity index (χ1v) is 3.62. The molecule has 0 amide bonds. The van der Waals surface area contributed by atoms with E-state index in [2.05, 4.69) is 16.0 Å². The molecule has 1 aliphatic rings. The zero-order valence-corrected chi connectivity index (χ0v) is 6.72. The summed E-state index contributed by atoms with van der Waals surface area (Å²) in [6.45, 7) is 2.43. The topological polar surface area (TPSA) is 3.24 Å². The molecule has 40 valence electrons. The van der Waals surface area contributed by atoms with E-state index in [9.17, 15) is 0 Å². The van der Waals surface area contributed by atoms with Crippen molar-refractivity contribution in [1.82, 2.24) is 3.82 Å². The van der Waals surface area contributed by atoms with Gasteiger partial charge in [-0.25, -0.2) is 0 Å². The van der Waals surface area contributed by atoms with Gasteiger partial charge in [0.05, 0.1) is 0 Å². The van der Waals surface area contributed by atoms with E-state index < -0.39 is 0 Å². The molecule has 0 aliphatic carbocycles. The van der Waals surface area contributed by atoms with Gasteiger partial charge in [0.1, 0.15) is 0 Å². The molecular formula is C5H10AsN. The summed E-state index contributed by atoms with van der Waals surface area (Å²) in [7, 11) is 0. The van der Waals surface area contributed by atoms with Crippen LogP contribution >= 0.6 is 0 Å². The Hall–Kier alpha value is 0.258. The van der Waals surface area contributed by atoms with Gasteiger partial charge in [-0.2, -0.15) is 0 Å². The molecule has 2 heteroatoms. The summed E-state index contributed by atoms with van der Waals surface area (Å²) in [5.41, 5.74) is 0. The van der Waals surface area contributed by atoms with Crippen LogP contribution in [0.25, 0.3) is 0 Å². The first-order chi connectivity index (χ1) is 3.39. The van der Waals surface area contributed by atoms with E-state index >= 15 is 0 Å². The SMILES string of the molecule is [AsH2]N1CC=CCC1. The number of hydrogen-bond donors (Lipinski definition) is 0. The van der Waals surface area contributed by atoms with Crippen molar-refractivity contribution in [3.8, 4) is 0 Å². The molecule has 0 aromatic heterocycles. The fourth-order valence-electron chi connectivity index (χ4n) is 0.659. The van der Waals surface area contributed by atoms with Crippen molar-refractivity contribution >= 4 is 17.1 Å². The van der Waals surface area contributed by atoms with Gasteiger partial charge in [-0.3, -0.25) is 0 Å². The van der Waals surface area contributed by atoms with Crippen molar-refractivity contribution in [2.24, 2.45) is 0 Å². The molecule has 1 unspecified atom stereocenters. The molecule has 0 bridgehead atoms. The molecule has 0 fully saturated rings. The van der Waals surface area contributed by atoms with Crippen LogP contribution in [0, 0.1) is 0 Å². The normalized spacial score (nSPS) is 23.0. The van der Waals surface area contributed by atoms with Gasteiger partial charge in [-0.1, -0.05) is 0 Å². The van der Waals surface area contributed by atoms with Crippen LogP contribution in [-0.2, 0) is 0 Å². The molecule has 0 N–H and O–H groups in total. The van der Waals surface area contributed by atoms with Gasteiger partial charge in [-0.05, 0) is 0 Å². The van der Waals surface area contributed by atoms with E-state index in [1.807, 2.05) is 0 Å². The van der Waals surface area contributed by atoms with Crippen molar-refractivity contribution in [2.45, 2.75) is 6.42 Å². The molecule has 0 saturated carbocycles. The molecule has 0 radical (unpaired) electrons. The van der Waals surface area contributed by atoms with Crippen molar-refractivity contribution in [3.63, 3.8) is 0 Å². The quantitative estimate of drug-likeness (QED) is 0.349. The summed E-state index contributed by atoms with van der Waals surface area (Å²) in [6, 6.07) is 0. The molecule has 1 heterocycles. The zero-order valence-electron chi connectivity index (χ0n) is 4.30. The Morgan fingerprint density at radius 3 is 2.57 bits per heavy atom. The molecule has 1 atom stereocenters. The maximum atomic E-state index is 2.37. The monoisotopic (exact) mass is 159 g/mol. The van der Waals surface area contributed by atoms with Gasteiger partial charge in [0.2, 0.25) is 0 Å². The van der Waals surface area contributed by atoms with Crippen molar-refractivity contribution < 1.29 is 0 Å². The van der Waals surface area contributed by atoms with E-state index in [1.165, 1.54) is 19.5 Å². The van der Waals surface area contributed by atoms with Gasteiger partial charge in [0, 0.05) is 0 Å². The average Bonchev–Trinajstić information content (AvgIpc) is 1.69. The Kier molecular flexibility index (Phi) is 1.96. The second-order valence-electron chi connectivity index (χ2n) is 1.76. The van der Waals surface area contributed by atoms with E-state index in [-0.39, 0.29) is 0 Å². The van der Waals surface area contributed by atoms with Gasteiger partial charge >= 0.3 is 52.6 Å². The van der Waals surface area contributed by atoms with Crippen LogP contribution in [0.3, 0.4) is 0 Å². The van der Waals surface area contributed by atoms with Gasteiger partial charge in [-0.15, -0.1) is 0 Å². The Labute approximate surface area is 53.1 Å². The third kappa shape index (κ3) is 1.66. The summed E-state index contributed by atoms with van der Waals surface area (Å²) < 4.78 is 2.37. The summed E-state index contributed by atoms with van der Waals surface area (Å²) >= 11 is 1.73. The zero-order chi connectivity index (χ0) is 5.11. The van der Waals surface area contributed by atoms with Gasteiger partial charge in [0.25, 0.3) is 0 Å². The predicted octanol–water partition coefficient (Wildman–Crippen LogP) is -0.204. The molecular weight excluding hydrogens is 149 g/mol. The average molecular weight is 159 g/mol. The molecule has 0 aromatic rings. The first kappa shape index (κ1) is 5.40. The van der Waals surface area contributed by atoms with Crippen molar-refractivity contribution in [1.29, 1.82) is 0 Å². The minimum atomic E-state index is 1.17. The Morgan fingerprint density at radius 2 is 2.29 bits per heavy atom. The van der Waals surface area contributed by atoms with Crippen LogP contribution in [-0.4, -0.2) is 34.0 Å². The second-order valence-corrected chi connectivity index (χ2v) is 3.29. The molecule has 0 aromatic carbocycles. The number of nitrogens with zero attached hydrogens (tertiary/aromatic N) is 1. The molecule has 7 heavy (non-hydrogen) atoms. The summed E-state index contributed by atoms with van der Waals surface area (Å²) in [5.74, 6) is 0. The molecule has 1 aliphatic heterocycles. The van der Waals surface area contributed by atoms with Crippen LogP contribution in [0.2, 0.25) is 0 Å². The van der Waals surface area contributed by atoms with Crippen LogP contribution < -0.4 is 0 Å². The second kappa shape index (κ2) is 2.54. The van der Waals surface area contributed by atoms with E-state index in [4.69, 9.17) is 0 Å². The Balaban J connectivity index is 2.32. The minimum absolute atomic E-state index is 1.17. The van der Waals surface area contributed by atoms with Crippen LogP contribution in [0.15, 0.2) is 12.2 Å². The van der Waals surface area contributed by atoms with Crippen LogP contribution in [0.5, 0.6) is 0 Å². The van der Waals surface area contributed by atoms with Gasteiger partial charge in [0.15, 0.2) is 0 Å². The van der Waals surface area contributed by atoms with Crippen molar-refractivity contribution in [2.75, 3.05) is 13.1 Å². The fraction of sp³-hybridized carbons (Fsp3) is 0.600. The Bertz CT molecular complexity index is 80.1. The summed E-state index contributed by atoms with van der Waals surface area (Å²) in [6.07, 6.45) is 5.72. The first-order valence-electron chi connectivity index (χ1n) is 2.54. The standard InChI is InChI=1S/C5H10AsN/c6-7-4-2-1-3-5-7/h1-2H,3-6H2. The summed E-state index contributed by atoms with van der Waals surface area (Å²) in [5, 5.41) is 0. The maximum absolute atomic E-state index is 2.37. The van der Waals surface area contributed by atoms with Crippen LogP contribution in [0.1, 0.15) is 6.42 Å². The van der Waals surface area contributed by atoms with Gasteiger partial charge < -0.3 is 0 Å². The molecule has 1 nitrogen and oxygen atoms in total. The Morgan fingerprint density at radius 1 is 1.43 bits per heavy atom. The van der Waals surface area contributed by atoms with E-state index in [0.29, 0.717) is 0 Å². The molecule has 0 saturated heterocycles. The van der Waals surface area contributed by atoms with E-state index in [0.717, 1.165) is 0 Å². The third-order valence-corrected chi connectivity index (χ3v) is 2.07. The third-order valence-electron chi connectivity index (χ3n) is 1.09. The number of hydrogen-bond acceptors (Lipinski definition) is 1. The fourth-order valence-corrected chi connectivity index (χ4v) is 1.23. The van der Waals surface area contributed by atoms with E-state index in [1.54, 1.807) is 17.1 Å². The molecule has 1 rings (SSSR count). The number of rotatable bonds is 0. The molecule has 0 spiro atoms. The summed E-state index contributed by atoms with van der Waals surface area (Å²) in [4.78, 5) is 0. The van der Waals surface area contributed by atoms with Crippen LogP contribution in [0.4, 0.5) is 0 Å². The van der Waals surface area contributed by atoms with Crippen molar-refractivity contribution in [3.05, 3.63) is 12.2 Å².